The number of nitrogens with zero attached hydrogens (tertiary/aromatic N) is 1. The molecule has 0 radical (unpaired) electrons. The van der Waals surface area contributed by atoms with Crippen molar-refractivity contribution in [1.82, 2.24) is 4.98 Å². The molecule has 1 aromatic carbocycles. The quantitative estimate of drug-likeness (QED) is 0.673. The Hall–Kier alpha value is -1.59. The summed E-state index contributed by atoms with van der Waals surface area (Å²) in [5.74, 6) is 1.87. The van der Waals surface area contributed by atoms with Crippen LogP contribution < -0.4 is 0 Å². The van der Waals surface area contributed by atoms with E-state index in [0.29, 0.717) is 5.89 Å². The molecule has 3 rings (SSSR count). The summed E-state index contributed by atoms with van der Waals surface area (Å²) in [7, 11) is 0. The maximum atomic E-state index is 13.0. The molecule has 0 atom stereocenters. The van der Waals surface area contributed by atoms with Crippen LogP contribution in [0.3, 0.4) is 0 Å². The van der Waals surface area contributed by atoms with Crippen molar-refractivity contribution in [2.45, 2.75) is 5.75 Å². The highest BCUT2D eigenvalue weighted by molar-refractivity contribution is 7.97. The van der Waals surface area contributed by atoms with E-state index >= 15 is 0 Å². The first-order valence-electron chi connectivity index (χ1n) is 6.05. The Bertz CT molecular complexity index is 689. The van der Waals surface area contributed by atoms with Crippen LogP contribution >= 0.6 is 23.1 Å². The first-order chi connectivity index (χ1) is 9.78. The first-order valence-corrected chi connectivity index (χ1v) is 8.39. The van der Waals surface area contributed by atoms with Gasteiger partial charge in [-0.25, -0.2) is 9.37 Å². The number of thiophene rings is 1. The highest BCUT2D eigenvalue weighted by Gasteiger charge is 2.16. The molecule has 2 nitrogen and oxygen atoms in total. The largest absolute Gasteiger partial charge is 0.436 e. The zero-order valence-corrected chi connectivity index (χ0v) is 12.4. The molecule has 0 saturated carbocycles. The van der Waals surface area contributed by atoms with Gasteiger partial charge in [-0.3, -0.25) is 0 Å². The van der Waals surface area contributed by atoms with E-state index in [9.17, 15) is 4.39 Å². The summed E-state index contributed by atoms with van der Waals surface area (Å²) in [6.45, 7) is 0. The average Bonchev–Trinajstić information content (AvgIpc) is 3.09. The third kappa shape index (κ3) is 2.64. The Morgan fingerprint density at radius 1 is 1.20 bits per heavy atom. The van der Waals surface area contributed by atoms with E-state index in [1.54, 1.807) is 35.2 Å². The molecule has 20 heavy (non-hydrogen) atoms. The molecule has 0 aliphatic carbocycles. The molecule has 0 spiro atoms. The van der Waals surface area contributed by atoms with Gasteiger partial charge < -0.3 is 4.42 Å². The lowest BCUT2D eigenvalue weighted by Gasteiger charge is -1.95. The van der Waals surface area contributed by atoms with E-state index in [1.165, 1.54) is 12.1 Å². The van der Waals surface area contributed by atoms with Crippen LogP contribution in [0.15, 0.2) is 45.5 Å². The van der Waals surface area contributed by atoms with Gasteiger partial charge in [-0.15, -0.1) is 0 Å². The van der Waals surface area contributed by atoms with Crippen LogP contribution in [-0.2, 0) is 5.75 Å². The summed E-state index contributed by atoms with van der Waals surface area (Å²) < 4.78 is 18.9. The highest BCUT2D eigenvalue weighted by Crippen LogP contribution is 2.32. The van der Waals surface area contributed by atoms with Crippen LogP contribution in [0.5, 0.6) is 0 Å². The maximum Gasteiger partial charge on any atom is 0.227 e. The van der Waals surface area contributed by atoms with E-state index in [4.69, 9.17) is 4.42 Å². The molecule has 2 aromatic heterocycles. The summed E-state index contributed by atoms with van der Waals surface area (Å²) >= 11 is 3.32. The molecule has 102 valence electrons. The number of oxazole rings is 1. The van der Waals surface area contributed by atoms with Crippen LogP contribution in [0.4, 0.5) is 4.39 Å². The molecule has 0 fully saturated rings. The van der Waals surface area contributed by atoms with Crippen molar-refractivity contribution in [3.63, 3.8) is 0 Å². The lowest BCUT2D eigenvalue weighted by Crippen LogP contribution is -1.84. The summed E-state index contributed by atoms with van der Waals surface area (Å²) in [4.78, 5) is 4.55. The molecule has 0 aliphatic heterocycles. The van der Waals surface area contributed by atoms with Gasteiger partial charge in [0.25, 0.3) is 0 Å². The van der Waals surface area contributed by atoms with Crippen molar-refractivity contribution in [3.8, 4) is 22.8 Å². The van der Waals surface area contributed by atoms with Crippen molar-refractivity contribution in [2.24, 2.45) is 0 Å². The molecule has 0 N–H and O–H groups in total. The minimum absolute atomic E-state index is 0.261. The van der Waals surface area contributed by atoms with Crippen LogP contribution in [0.2, 0.25) is 0 Å². The summed E-state index contributed by atoms with van der Waals surface area (Å²) in [6.07, 6.45) is 2.03. The lowest BCUT2D eigenvalue weighted by atomic mass is 10.2. The molecule has 5 heteroatoms. The zero-order chi connectivity index (χ0) is 13.9. The molecule has 0 saturated heterocycles. The monoisotopic (exact) mass is 305 g/mol. The van der Waals surface area contributed by atoms with Crippen molar-refractivity contribution in [1.29, 1.82) is 0 Å². The van der Waals surface area contributed by atoms with Gasteiger partial charge in [0.15, 0.2) is 5.76 Å². The van der Waals surface area contributed by atoms with Gasteiger partial charge in [-0.1, -0.05) is 0 Å². The number of benzene rings is 1. The van der Waals surface area contributed by atoms with Gasteiger partial charge in [-0.05, 0) is 42.0 Å². The maximum absolute atomic E-state index is 13.0. The molecule has 0 unspecified atom stereocenters. The van der Waals surface area contributed by atoms with Crippen molar-refractivity contribution in [2.75, 3.05) is 6.26 Å². The lowest BCUT2D eigenvalue weighted by molar-refractivity contribution is 0.587. The fourth-order valence-electron chi connectivity index (χ4n) is 1.92. The number of aromatic nitrogens is 1. The van der Waals surface area contributed by atoms with E-state index in [-0.39, 0.29) is 5.82 Å². The highest BCUT2D eigenvalue weighted by atomic mass is 32.2. The van der Waals surface area contributed by atoms with Gasteiger partial charge in [0.05, 0.1) is 5.69 Å². The van der Waals surface area contributed by atoms with Gasteiger partial charge in [-0.2, -0.15) is 23.1 Å². The summed E-state index contributed by atoms with van der Waals surface area (Å²) in [5, 5.41) is 4.05. The molecule has 2 heterocycles. The van der Waals surface area contributed by atoms with E-state index in [2.05, 4.69) is 4.98 Å². The standard InChI is InChI=1S/C15H12FNOS2/c1-19-9-13-14(11-6-7-20-8-11)18-15(17-13)10-2-4-12(16)5-3-10/h2-8H,9H2,1H3. The second-order valence-electron chi connectivity index (χ2n) is 4.25. The molecule has 3 aromatic rings. The first kappa shape index (κ1) is 13.4. The normalized spacial score (nSPS) is 10.9. The molecular weight excluding hydrogens is 293 g/mol. The predicted octanol–water partition coefficient (Wildman–Crippen LogP) is 5.07. The fraction of sp³-hybridized carbons (Fsp3) is 0.133. The van der Waals surface area contributed by atoms with Crippen molar-refractivity contribution in [3.05, 3.63) is 52.6 Å². The van der Waals surface area contributed by atoms with E-state index in [1.807, 2.05) is 23.1 Å². The van der Waals surface area contributed by atoms with Crippen LogP contribution in [0.25, 0.3) is 22.8 Å². The van der Waals surface area contributed by atoms with Crippen molar-refractivity contribution >= 4 is 23.1 Å². The van der Waals surface area contributed by atoms with Crippen molar-refractivity contribution < 1.29 is 8.81 Å². The van der Waals surface area contributed by atoms with E-state index < -0.39 is 0 Å². The zero-order valence-electron chi connectivity index (χ0n) is 10.8. The van der Waals surface area contributed by atoms with Crippen LogP contribution in [0, 0.1) is 5.82 Å². The summed E-state index contributed by atoms with van der Waals surface area (Å²) in [5.41, 5.74) is 2.75. The number of hydrogen-bond donors (Lipinski definition) is 0. The number of thioether (sulfide) groups is 1. The van der Waals surface area contributed by atoms with E-state index in [0.717, 1.165) is 28.3 Å². The second kappa shape index (κ2) is 5.81. The summed E-state index contributed by atoms with van der Waals surface area (Å²) in [6, 6.07) is 8.21. The third-order valence-electron chi connectivity index (χ3n) is 2.85. The molecule has 0 aliphatic rings. The smallest absolute Gasteiger partial charge is 0.227 e. The minimum atomic E-state index is -0.261. The second-order valence-corrected chi connectivity index (χ2v) is 5.89. The van der Waals surface area contributed by atoms with Gasteiger partial charge in [0.2, 0.25) is 5.89 Å². The average molecular weight is 305 g/mol. The van der Waals surface area contributed by atoms with Crippen LogP contribution in [-0.4, -0.2) is 11.2 Å². The SMILES string of the molecule is CSCc1nc(-c2ccc(F)cc2)oc1-c1ccsc1. The van der Waals surface area contributed by atoms with Gasteiger partial charge in [0.1, 0.15) is 5.82 Å². The third-order valence-corrected chi connectivity index (χ3v) is 4.10. The Morgan fingerprint density at radius 3 is 2.65 bits per heavy atom. The Morgan fingerprint density at radius 2 is 2.00 bits per heavy atom. The predicted molar refractivity (Wildman–Crippen MR) is 82.4 cm³/mol. The Labute approximate surface area is 124 Å². The Balaban J connectivity index is 2.05. The Kier molecular flexibility index (Phi) is 3.89. The minimum Gasteiger partial charge on any atom is -0.436 e. The molecule has 0 amide bonds. The topological polar surface area (TPSA) is 26.0 Å². The fourth-order valence-corrected chi connectivity index (χ4v) is 3.03. The van der Waals surface area contributed by atoms with Gasteiger partial charge in [0, 0.05) is 22.3 Å². The number of hydrogen-bond acceptors (Lipinski definition) is 4. The number of halogens is 1. The molecule has 0 bridgehead atoms. The van der Waals surface area contributed by atoms with Crippen LogP contribution in [0.1, 0.15) is 5.69 Å². The van der Waals surface area contributed by atoms with Gasteiger partial charge >= 0.3 is 0 Å². The number of rotatable bonds is 4. The molecular formula is C15H12FNOS2.